The van der Waals surface area contributed by atoms with Crippen LogP contribution in [0.3, 0.4) is 0 Å². The zero-order valence-electron chi connectivity index (χ0n) is 15.7. The third kappa shape index (κ3) is 3.97. The molecule has 0 spiro atoms. The number of benzene rings is 2. The molecular weight excluding hydrogens is 427 g/mol. The van der Waals surface area contributed by atoms with Crippen LogP contribution in [-0.4, -0.2) is 26.2 Å². The smallest absolute Gasteiger partial charge is 0.266 e. The highest BCUT2D eigenvalue weighted by Crippen LogP contribution is 2.34. The summed E-state index contributed by atoms with van der Waals surface area (Å²) in [4.78, 5) is 15.0. The Morgan fingerprint density at radius 2 is 2.03 bits per heavy atom. The van der Waals surface area contributed by atoms with Crippen molar-refractivity contribution >= 4 is 62.8 Å². The minimum Gasteiger partial charge on any atom is -0.342 e. The molecule has 2 aromatic carbocycles. The molecule has 1 aliphatic heterocycles. The van der Waals surface area contributed by atoms with Crippen molar-refractivity contribution in [3.8, 4) is 0 Å². The van der Waals surface area contributed by atoms with Crippen molar-refractivity contribution in [2.75, 3.05) is 6.54 Å². The quantitative estimate of drug-likeness (QED) is 0.351. The third-order valence-electron chi connectivity index (χ3n) is 4.78. The summed E-state index contributed by atoms with van der Waals surface area (Å²) in [7, 11) is 0. The lowest BCUT2D eigenvalue weighted by molar-refractivity contribution is -0.122. The Labute approximate surface area is 183 Å². The molecular formula is C22H18ClFN2OS2. The van der Waals surface area contributed by atoms with Gasteiger partial charge in [-0.3, -0.25) is 9.69 Å². The molecule has 0 atom stereocenters. The fourth-order valence-corrected chi connectivity index (χ4v) is 4.94. The Hall–Kier alpha value is -2.15. The summed E-state index contributed by atoms with van der Waals surface area (Å²) in [5, 5.41) is 1.43. The molecule has 29 heavy (non-hydrogen) atoms. The number of fused-ring (bicyclic) bond motifs is 1. The van der Waals surface area contributed by atoms with Crippen molar-refractivity contribution in [3.63, 3.8) is 0 Å². The molecule has 0 bridgehead atoms. The van der Waals surface area contributed by atoms with E-state index in [1.165, 1.54) is 23.9 Å². The highest BCUT2D eigenvalue weighted by molar-refractivity contribution is 8.26. The van der Waals surface area contributed by atoms with Gasteiger partial charge in [0, 0.05) is 40.8 Å². The van der Waals surface area contributed by atoms with Gasteiger partial charge in [0.25, 0.3) is 5.91 Å². The summed E-state index contributed by atoms with van der Waals surface area (Å²) in [6.45, 7) is 3.16. The van der Waals surface area contributed by atoms with Crippen LogP contribution in [0.1, 0.15) is 24.5 Å². The largest absolute Gasteiger partial charge is 0.342 e. The number of thioether (sulfide) groups is 1. The summed E-state index contributed by atoms with van der Waals surface area (Å²) >= 11 is 12.9. The van der Waals surface area contributed by atoms with Gasteiger partial charge in [0.2, 0.25) is 0 Å². The van der Waals surface area contributed by atoms with Crippen LogP contribution in [0.2, 0.25) is 5.02 Å². The normalized spacial score (nSPS) is 15.8. The predicted octanol–water partition coefficient (Wildman–Crippen LogP) is 6.09. The van der Waals surface area contributed by atoms with Crippen molar-refractivity contribution < 1.29 is 9.18 Å². The highest BCUT2D eigenvalue weighted by Gasteiger charge is 2.31. The van der Waals surface area contributed by atoms with Crippen molar-refractivity contribution in [1.82, 2.24) is 9.47 Å². The Bertz CT molecular complexity index is 1150. The fraction of sp³-hybridized carbons (Fsp3) is 0.182. The first-order valence-corrected chi connectivity index (χ1v) is 10.9. The van der Waals surface area contributed by atoms with Gasteiger partial charge in [0.05, 0.1) is 4.91 Å². The zero-order chi connectivity index (χ0) is 20.5. The molecule has 3 aromatic rings. The number of nitrogens with zero attached hydrogens (tertiary/aromatic N) is 2. The Morgan fingerprint density at radius 1 is 1.24 bits per heavy atom. The number of hydrogen-bond acceptors (Lipinski definition) is 3. The topological polar surface area (TPSA) is 25.2 Å². The van der Waals surface area contributed by atoms with Gasteiger partial charge in [-0.15, -0.1) is 0 Å². The Balaban J connectivity index is 1.73. The SMILES string of the molecule is CCCN1C(=O)/C(=C\c2cn(Cc3ccc(F)cc3Cl)c3ccccc23)SC1=S. The standard InChI is InChI=1S/C22H18ClFN2OS2/c1-2-9-26-21(27)20(29-22(26)28)10-15-13-25(19-6-4-3-5-17(15)19)12-14-7-8-16(24)11-18(14)23/h3-8,10-11,13H,2,9,12H2,1H3/b20-10+. The molecule has 0 radical (unpaired) electrons. The molecule has 0 aliphatic carbocycles. The molecule has 1 aromatic heterocycles. The minimum absolute atomic E-state index is 0.0414. The number of aromatic nitrogens is 1. The highest BCUT2D eigenvalue weighted by atomic mass is 35.5. The number of thiocarbonyl (C=S) groups is 1. The van der Waals surface area contributed by atoms with E-state index in [4.69, 9.17) is 23.8 Å². The van der Waals surface area contributed by atoms with E-state index < -0.39 is 0 Å². The van der Waals surface area contributed by atoms with Crippen molar-refractivity contribution in [2.45, 2.75) is 19.9 Å². The van der Waals surface area contributed by atoms with Crippen LogP contribution < -0.4 is 0 Å². The molecule has 2 heterocycles. The molecule has 1 amide bonds. The molecule has 0 unspecified atom stereocenters. The van der Waals surface area contributed by atoms with Gasteiger partial charge >= 0.3 is 0 Å². The van der Waals surface area contributed by atoms with Gasteiger partial charge in [0.1, 0.15) is 10.1 Å². The van der Waals surface area contributed by atoms with Crippen molar-refractivity contribution in [2.24, 2.45) is 0 Å². The number of carbonyl (C=O) groups is 1. The van der Waals surface area contributed by atoms with Gasteiger partial charge in [0.15, 0.2) is 0 Å². The monoisotopic (exact) mass is 444 g/mol. The van der Waals surface area contributed by atoms with Crippen LogP contribution in [0, 0.1) is 5.82 Å². The first-order valence-electron chi connectivity index (χ1n) is 9.25. The van der Waals surface area contributed by atoms with Crippen LogP contribution in [-0.2, 0) is 11.3 Å². The molecule has 0 saturated carbocycles. The van der Waals surface area contributed by atoms with Gasteiger partial charge in [-0.1, -0.05) is 66.8 Å². The van der Waals surface area contributed by atoms with Crippen LogP contribution in [0.5, 0.6) is 0 Å². The lowest BCUT2D eigenvalue weighted by Crippen LogP contribution is -2.28. The van der Waals surface area contributed by atoms with E-state index in [1.807, 2.05) is 43.5 Å². The molecule has 4 rings (SSSR count). The third-order valence-corrected chi connectivity index (χ3v) is 6.51. The summed E-state index contributed by atoms with van der Waals surface area (Å²) in [5.74, 6) is -0.397. The van der Waals surface area contributed by atoms with E-state index in [2.05, 4.69) is 4.57 Å². The van der Waals surface area contributed by atoms with E-state index in [-0.39, 0.29) is 11.7 Å². The lowest BCUT2D eigenvalue weighted by Gasteiger charge is -2.11. The summed E-state index contributed by atoms with van der Waals surface area (Å²) < 4.78 is 16.0. The Kier molecular flexibility index (Phi) is 5.76. The van der Waals surface area contributed by atoms with Crippen LogP contribution in [0.25, 0.3) is 17.0 Å². The number of amides is 1. The number of carbonyl (C=O) groups excluding carboxylic acids is 1. The Morgan fingerprint density at radius 3 is 2.79 bits per heavy atom. The van der Waals surface area contributed by atoms with E-state index in [0.29, 0.717) is 27.3 Å². The molecule has 3 nitrogen and oxygen atoms in total. The predicted molar refractivity (Wildman–Crippen MR) is 123 cm³/mol. The first kappa shape index (κ1) is 20.1. The molecule has 0 N–H and O–H groups in total. The van der Waals surface area contributed by atoms with Crippen LogP contribution in [0.15, 0.2) is 53.6 Å². The van der Waals surface area contributed by atoms with Gasteiger partial charge in [-0.2, -0.15) is 0 Å². The first-order chi connectivity index (χ1) is 14.0. The van der Waals surface area contributed by atoms with Crippen molar-refractivity contribution in [3.05, 3.63) is 75.5 Å². The van der Waals surface area contributed by atoms with Gasteiger partial charge < -0.3 is 4.57 Å². The van der Waals surface area contributed by atoms with Crippen LogP contribution >= 0.6 is 35.6 Å². The van der Waals surface area contributed by atoms with E-state index in [1.54, 1.807) is 11.0 Å². The molecule has 1 saturated heterocycles. The fourth-order valence-electron chi connectivity index (χ4n) is 3.41. The summed E-state index contributed by atoms with van der Waals surface area (Å²) in [5.41, 5.74) is 2.79. The molecule has 1 aliphatic rings. The number of hydrogen-bond donors (Lipinski definition) is 0. The minimum atomic E-state index is -0.356. The zero-order valence-corrected chi connectivity index (χ0v) is 18.1. The summed E-state index contributed by atoms with van der Waals surface area (Å²) in [6, 6.07) is 12.4. The van der Waals surface area contributed by atoms with Gasteiger partial charge in [-0.05, 0) is 36.3 Å². The number of rotatable bonds is 5. The lowest BCUT2D eigenvalue weighted by atomic mass is 10.1. The van der Waals surface area contributed by atoms with Gasteiger partial charge in [-0.25, -0.2) is 4.39 Å². The molecule has 7 heteroatoms. The molecule has 148 valence electrons. The van der Waals surface area contributed by atoms with E-state index in [0.717, 1.165) is 28.5 Å². The average Bonchev–Trinajstić information content (AvgIpc) is 3.17. The maximum absolute atomic E-state index is 13.4. The van der Waals surface area contributed by atoms with E-state index in [9.17, 15) is 9.18 Å². The molecule has 1 fully saturated rings. The second kappa shape index (κ2) is 8.30. The maximum atomic E-state index is 13.4. The number of halogens is 2. The van der Waals surface area contributed by atoms with Crippen molar-refractivity contribution in [1.29, 1.82) is 0 Å². The average molecular weight is 445 g/mol. The van der Waals surface area contributed by atoms with E-state index >= 15 is 0 Å². The second-order valence-corrected chi connectivity index (χ2v) is 8.88. The number of para-hydroxylation sites is 1. The maximum Gasteiger partial charge on any atom is 0.266 e. The second-order valence-electron chi connectivity index (χ2n) is 6.80. The summed E-state index contributed by atoms with van der Waals surface area (Å²) in [6.07, 6.45) is 4.76. The van der Waals surface area contributed by atoms with Crippen LogP contribution in [0.4, 0.5) is 4.39 Å².